The molecule has 1 rings (SSSR count). The molecule has 0 spiro atoms. The molecule has 0 aromatic heterocycles. The van der Waals surface area contributed by atoms with Crippen LogP contribution in [-0.4, -0.2) is 43.0 Å². The number of carbonyl (C=O) groups excluding carboxylic acids is 3. The number of unbranched alkanes of at least 4 members (excludes halogenated alkanes) is 5. The van der Waals surface area contributed by atoms with Crippen molar-refractivity contribution in [3.8, 4) is 0 Å². The molecule has 23 heavy (non-hydrogen) atoms. The molecule has 0 aromatic rings. The quantitative estimate of drug-likeness (QED) is 0.361. The van der Waals surface area contributed by atoms with E-state index in [1.807, 2.05) is 0 Å². The predicted molar refractivity (Wildman–Crippen MR) is 80.3 cm³/mol. The molecule has 3 amide bonds. The second kappa shape index (κ2) is 9.44. The van der Waals surface area contributed by atoms with E-state index in [2.05, 4.69) is 12.2 Å². The smallest absolute Gasteiger partial charge is 0.358 e. The van der Waals surface area contributed by atoms with Crippen LogP contribution in [-0.2, 0) is 19.1 Å². The van der Waals surface area contributed by atoms with Crippen LogP contribution in [0.1, 0.15) is 52.4 Å². The molecule has 0 bridgehead atoms. The Morgan fingerprint density at radius 1 is 1.17 bits per heavy atom. The number of hydrogen-bond acceptors (Lipinski definition) is 5. The van der Waals surface area contributed by atoms with E-state index in [-0.39, 0.29) is 13.2 Å². The Bertz CT molecular complexity index is 432. The average Bonchev–Trinajstić information content (AvgIpc) is 2.51. The first-order valence-corrected chi connectivity index (χ1v) is 8.06. The van der Waals surface area contributed by atoms with Crippen molar-refractivity contribution in [3.63, 3.8) is 0 Å². The summed E-state index contributed by atoms with van der Waals surface area (Å²) in [5, 5.41) is 3.79. The number of carbonyl (C=O) groups is 3. The van der Waals surface area contributed by atoms with Crippen LogP contribution >= 0.6 is 0 Å². The summed E-state index contributed by atoms with van der Waals surface area (Å²) in [6.45, 7) is 3.72. The summed E-state index contributed by atoms with van der Waals surface area (Å²) in [4.78, 5) is 34.9. The highest BCUT2D eigenvalue weighted by molar-refractivity contribution is 6.14. The number of urea groups is 1. The minimum absolute atomic E-state index is 0.0224. The minimum atomic E-state index is -3.08. The van der Waals surface area contributed by atoms with Crippen LogP contribution in [0.15, 0.2) is 0 Å². The third-order valence-electron chi connectivity index (χ3n) is 3.54. The molecule has 1 heterocycles. The summed E-state index contributed by atoms with van der Waals surface area (Å²) < 4.78 is 24.7. The number of hydrogen-bond donors (Lipinski definition) is 2. The summed E-state index contributed by atoms with van der Waals surface area (Å²) in [5.74, 6) is -2.71. The molecule has 2 atom stereocenters. The number of alkyl halides is 1. The summed E-state index contributed by atoms with van der Waals surface area (Å²) >= 11 is 0. The minimum Gasteiger partial charge on any atom is -0.463 e. The molecule has 2 unspecified atom stereocenters. The average molecular weight is 332 g/mol. The topological polar surface area (TPSA) is 93.7 Å². The van der Waals surface area contributed by atoms with E-state index in [0.29, 0.717) is 6.42 Å². The van der Waals surface area contributed by atoms with Crippen LogP contribution in [0.5, 0.6) is 0 Å². The van der Waals surface area contributed by atoms with Gasteiger partial charge in [0.2, 0.25) is 0 Å². The normalized spacial score (nSPS) is 24.0. The molecule has 1 aliphatic rings. The lowest BCUT2D eigenvalue weighted by Crippen LogP contribution is -2.71. The molecule has 0 saturated carbocycles. The van der Waals surface area contributed by atoms with Crippen molar-refractivity contribution in [2.45, 2.75) is 64.3 Å². The molecule has 0 aromatic carbocycles. The van der Waals surface area contributed by atoms with Crippen LogP contribution in [0.4, 0.5) is 9.18 Å². The van der Waals surface area contributed by atoms with Gasteiger partial charge in [0.25, 0.3) is 5.91 Å². The van der Waals surface area contributed by atoms with Gasteiger partial charge in [0.05, 0.1) is 6.61 Å². The lowest BCUT2D eigenvalue weighted by atomic mass is 10.0. The molecule has 1 aliphatic heterocycles. The molecule has 8 heteroatoms. The number of ether oxygens (including phenoxy) is 2. The number of nitrogens with one attached hydrogen (secondary N) is 2. The van der Waals surface area contributed by atoms with Gasteiger partial charge in [-0.1, -0.05) is 39.0 Å². The van der Waals surface area contributed by atoms with E-state index in [0.717, 1.165) is 32.1 Å². The molecule has 2 N–H and O–H groups in total. The first kappa shape index (κ1) is 19.3. The van der Waals surface area contributed by atoms with E-state index in [1.165, 1.54) is 0 Å². The van der Waals surface area contributed by atoms with Crippen LogP contribution in [0.25, 0.3) is 0 Å². The fraction of sp³-hybridized carbons (Fsp3) is 0.800. The van der Waals surface area contributed by atoms with Crippen molar-refractivity contribution >= 4 is 17.9 Å². The van der Waals surface area contributed by atoms with Gasteiger partial charge in [-0.3, -0.25) is 10.1 Å². The number of rotatable bonds is 10. The highest BCUT2D eigenvalue weighted by Crippen LogP contribution is 2.23. The molecule has 0 radical (unpaired) electrons. The van der Waals surface area contributed by atoms with E-state index >= 15 is 0 Å². The van der Waals surface area contributed by atoms with Gasteiger partial charge in [0, 0.05) is 6.61 Å². The van der Waals surface area contributed by atoms with Gasteiger partial charge in [0.15, 0.2) is 6.23 Å². The molecule has 1 fully saturated rings. The Hall–Kier alpha value is -1.70. The number of amides is 3. The predicted octanol–water partition coefficient (Wildman–Crippen LogP) is 1.80. The first-order valence-electron chi connectivity index (χ1n) is 8.06. The monoisotopic (exact) mass is 332 g/mol. The van der Waals surface area contributed by atoms with E-state index in [9.17, 15) is 18.8 Å². The zero-order valence-electron chi connectivity index (χ0n) is 13.7. The third-order valence-corrected chi connectivity index (χ3v) is 3.54. The molecule has 1 saturated heterocycles. The van der Waals surface area contributed by atoms with Crippen LogP contribution in [0.3, 0.4) is 0 Å². The van der Waals surface area contributed by atoms with E-state index in [4.69, 9.17) is 9.47 Å². The van der Waals surface area contributed by atoms with Crippen molar-refractivity contribution in [1.29, 1.82) is 0 Å². The highest BCUT2D eigenvalue weighted by atomic mass is 19.1. The second-order valence-corrected chi connectivity index (χ2v) is 5.38. The first-order chi connectivity index (χ1) is 11.0. The van der Waals surface area contributed by atoms with E-state index < -0.39 is 29.8 Å². The SMILES string of the molecule is CCCCCCCCOC(=O)C1(F)C(=O)NC(=O)NC1OCC. The van der Waals surface area contributed by atoms with E-state index in [1.54, 1.807) is 12.2 Å². The molecule has 7 nitrogen and oxygen atoms in total. The Labute approximate surface area is 135 Å². The Morgan fingerprint density at radius 3 is 2.48 bits per heavy atom. The van der Waals surface area contributed by atoms with Crippen molar-refractivity contribution in [2.24, 2.45) is 0 Å². The van der Waals surface area contributed by atoms with Gasteiger partial charge >= 0.3 is 17.7 Å². The number of halogens is 1. The highest BCUT2D eigenvalue weighted by Gasteiger charge is 2.59. The summed E-state index contributed by atoms with van der Waals surface area (Å²) in [6.07, 6.45) is 4.19. The maximum absolute atomic E-state index is 14.8. The van der Waals surface area contributed by atoms with Gasteiger partial charge in [-0.2, -0.15) is 0 Å². The maximum Gasteiger partial charge on any atom is 0.358 e. The molecule has 0 aliphatic carbocycles. The molecular formula is C15H25FN2O5. The van der Waals surface area contributed by atoms with Gasteiger partial charge < -0.3 is 14.8 Å². The summed E-state index contributed by atoms with van der Waals surface area (Å²) in [7, 11) is 0. The van der Waals surface area contributed by atoms with Crippen LogP contribution < -0.4 is 10.6 Å². The largest absolute Gasteiger partial charge is 0.463 e. The van der Waals surface area contributed by atoms with Crippen molar-refractivity contribution in [1.82, 2.24) is 10.6 Å². The maximum atomic E-state index is 14.8. The zero-order valence-corrected chi connectivity index (χ0v) is 13.7. The van der Waals surface area contributed by atoms with Crippen molar-refractivity contribution in [3.05, 3.63) is 0 Å². The number of imide groups is 1. The fourth-order valence-electron chi connectivity index (χ4n) is 2.24. The second-order valence-electron chi connectivity index (χ2n) is 5.38. The standard InChI is InChI=1S/C15H25FN2O5/c1-3-5-6-7-8-9-10-23-13(20)15(16)11(19)17-14(21)18-12(15)22-4-2/h12H,3-10H2,1-2H3,(H2,17,18,19,21). The van der Waals surface area contributed by atoms with Gasteiger partial charge in [-0.25, -0.2) is 14.0 Å². The summed E-state index contributed by atoms with van der Waals surface area (Å²) in [6, 6.07) is -0.912. The lowest BCUT2D eigenvalue weighted by Gasteiger charge is -2.34. The van der Waals surface area contributed by atoms with Crippen molar-refractivity contribution in [2.75, 3.05) is 13.2 Å². The Morgan fingerprint density at radius 2 is 1.83 bits per heavy atom. The van der Waals surface area contributed by atoms with Gasteiger partial charge in [0.1, 0.15) is 0 Å². The Balaban J connectivity index is 2.50. The number of esters is 1. The summed E-state index contributed by atoms with van der Waals surface area (Å²) in [5.41, 5.74) is -3.08. The molecule has 132 valence electrons. The van der Waals surface area contributed by atoms with Crippen molar-refractivity contribution < 1.29 is 28.2 Å². The Kier molecular flexibility index (Phi) is 7.94. The fourth-order valence-corrected chi connectivity index (χ4v) is 2.24. The van der Waals surface area contributed by atoms with Gasteiger partial charge in [-0.15, -0.1) is 0 Å². The molecular weight excluding hydrogens is 307 g/mol. The van der Waals surface area contributed by atoms with Crippen LogP contribution in [0, 0.1) is 0 Å². The van der Waals surface area contributed by atoms with Gasteiger partial charge in [-0.05, 0) is 13.3 Å². The lowest BCUT2D eigenvalue weighted by molar-refractivity contribution is -0.179. The third kappa shape index (κ3) is 5.16. The van der Waals surface area contributed by atoms with Crippen LogP contribution in [0.2, 0.25) is 0 Å². The zero-order chi connectivity index (χ0) is 17.3.